The molecule has 0 N–H and O–H groups in total. The molecule has 0 spiro atoms. The Labute approximate surface area is 68.5 Å². The van der Waals surface area contributed by atoms with Crippen LogP contribution in [0.25, 0.3) is 10.9 Å². The van der Waals surface area contributed by atoms with Crippen molar-refractivity contribution in [3.63, 3.8) is 0 Å². The van der Waals surface area contributed by atoms with E-state index in [1.165, 1.54) is 10.7 Å². The summed E-state index contributed by atoms with van der Waals surface area (Å²) in [6.45, 7) is 0. The van der Waals surface area contributed by atoms with Crippen LogP contribution in [-0.4, -0.2) is 15.2 Å². The van der Waals surface area contributed by atoms with Crippen molar-refractivity contribution in [2.24, 2.45) is 0 Å². The molecule has 1 aromatic carbocycles. The fourth-order valence-electron chi connectivity index (χ4n) is 1.17. The largest absolute Gasteiger partial charge is 0.259 e. The number of nitrogens with zero attached hydrogens (tertiary/aromatic N) is 1. The average Bonchev–Trinajstić information content (AvgIpc) is 2.04. The first kappa shape index (κ1) is 6.55. The molecule has 2 aromatic rings. The SMILES string of the molecule is [SiH3]c1ccc2ccccc2n1. The van der Waals surface area contributed by atoms with E-state index in [0.29, 0.717) is 0 Å². The van der Waals surface area contributed by atoms with Gasteiger partial charge in [-0.3, -0.25) is 4.98 Å². The Morgan fingerprint density at radius 1 is 1.00 bits per heavy atom. The zero-order chi connectivity index (χ0) is 7.68. The maximum Gasteiger partial charge on any atom is 0.0699 e. The molecule has 2 rings (SSSR count). The first-order valence-corrected chi connectivity index (χ1v) is 4.69. The van der Waals surface area contributed by atoms with Crippen molar-refractivity contribution in [1.82, 2.24) is 4.98 Å². The lowest BCUT2D eigenvalue weighted by atomic mass is 10.2. The van der Waals surface area contributed by atoms with Gasteiger partial charge in [-0.25, -0.2) is 0 Å². The van der Waals surface area contributed by atoms with Crippen molar-refractivity contribution in [1.29, 1.82) is 0 Å². The number of aromatic nitrogens is 1. The molecular weight excluding hydrogens is 150 g/mol. The third kappa shape index (κ3) is 1.17. The summed E-state index contributed by atoms with van der Waals surface area (Å²) in [7, 11) is 1.03. The second kappa shape index (κ2) is 2.47. The van der Waals surface area contributed by atoms with Gasteiger partial charge in [-0.15, -0.1) is 0 Å². The molecule has 2 heteroatoms. The highest BCUT2D eigenvalue weighted by molar-refractivity contribution is 6.31. The van der Waals surface area contributed by atoms with Gasteiger partial charge in [0.2, 0.25) is 0 Å². The van der Waals surface area contributed by atoms with Crippen LogP contribution in [0.2, 0.25) is 0 Å². The zero-order valence-electron chi connectivity index (χ0n) is 6.41. The van der Waals surface area contributed by atoms with Crippen LogP contribution in [0.4, 0.5) is 0 Å². The van der Waals surface area contributed by atoms with Crippen molar-refractivity contribution < 1.29 is 0 Å². The lowest BCUT2D eigenvalue weighted by Gasteiger charge is -1.96. The molecule has 0 amide bonds. The molecule has 0 aliphatic heterocycles. The molecule has 0 fully saturated rings. The van der Waals surface area contributed by atoms with Crippen molar-refractivity contribution in [2.75, 3.05) is 0 Å². The van der Waals surface area contributed by atoms with Crippen LogP contribution in [0.5, 0.6) is 0 Å². The highest BCUT2D eigenvalue weighted by atomic mass is 28.1. The Morgan fingerprint density at radius 3 is 2.73 bits per heavy atom. The molecule has 0 aliphatic carbocycles. The van der Waals surface area contributed by atoms with Gasteiger partial charge in [0.25, 0.3) is 0 Å². The van der Waals surface area contributed by atoms with E-state index in [1.54, 1.807) is 0 Å². The Morgan fingerprint density at radius 2 is 1.82 bits per heavy atom. The Balaban J connectivity index is 2.83. The van der Waals surface area contributed by atoms with E-state index in [0.717, 1.165) is 15.8 Å². The van der Waals surface area contributed by atoms with Crippen LogP contribution in [0, 0.1) is 0 Å². The Bertz CT molecular complexity index is 384. The molecular formula is C9H9NSi. The summed E-state index contributed by atoms with van der Waals surface area (Å²) in [5.74, 6) is 0. The highest BCUT2D eigenvalue weighted by Gasteiger charge is 1.90. The molecule has 11 heavy (non-hydrogen) atoms. The molecule has 0 radical (unpaired) electrons. The highest BCUT2D eigenvalue weighted by Crippen LogP contribution is 2.07. The van der Waals surface area contributed by atoms with Crippen molar-refractivity contribution in [3.8, 4) is 0 Å². The van der Waals surface area contributed by atoms with Gasteiger partial charge in [0.1, 0.15) is 0 Å². The summed E-state index contributed by atoms with van der Waals surface area (Å²) in [5, 5.41) is 2.44. The van der Waals surface area contributed by atoms with E-state index < -0.39 is 0 Å². The van der Waals surface area contributed by atoms with Crippen molar-refractivity contribution in [2.45, 2.75) is 0 Å². The first-order chi connectivity index (χ1) is 5.36. The molecule has 1 nitrogen and oxygen atoms in total. The predicted octanol–water partition coefficient (Wildman–Crippen LogP) is 0.225. The second-order valence-corrected chi connectivity index (χ2v) is 3.67. The van der Waals surface area contributed by atoms with E-state index in [9.17, 15) is 0 Å². The van der Waals surface area contributed by atoms with Crippen LogP contribution in [-0.2, 0) is 0 Å². The average molecular weight is 159 g/mol. The number of hydrogen-bond donors (Lipinski definition) is 0. The van der Waals surface area contributed by atoms with Crippen LogP contribution in [0.15, 0.2) is 36.4 Å². The predicted molar refractivity (Wildman–Crippen MR) is 51.3 cm³/mol. The lowest BCUT2D eigenvalue weighted by Crippen LogP contribution is -2.06. The molecule has 1 aromatic heterocycles. The first-order valence-electron chi connectivity index (χ1n) is 3.69. The fraction of sp³-hybridized carbons (Fsp3) is 0. The topological polar surface area (TPSA) is 12.9 Å². The van der Waals surface area contributed by atoms with E-state index in [2.05, 4.69) is 29.2 Å². The number of benzene rings is 1. The Kier molecular flexibility index (Phi) is 1.47. The minimum Gasteiger partial charge on any atom is -0.259 e. The molecule has 1 heterocycles. The summed E-state index contributed by atoms with van der Waals surface area (Å²) in [6.07, 6.45) is 0. The Hall–Kier alpha value is -1.15. The number of fused-ring (bicyclic) bond motifs is 1. The monoisotopic (exact) mass is 159 g/mol. The molecule has 0 saturated heterocycles. The minimum absolute atomic E-state index is 1.03. The van der Waals surface area contributed by atoms with Gasteiger partial charge in [0.15, 0.2) is 0 Å². The lowest BCUT2D eigenvalue weighted by molar-refractivity contribution is 1.48. The summed E-state index contributed by atoms with van der Waals surface area (Å²) < 4.78 is 0. The third-order valence-corrected chi connectivity index (χ3v) is 2.29. The zero-order valence-corrected chi connectivity index (χ0v) is 8.41. The number of rotatable bonds is 0. The fourth-order valence-corrected chi connectivity index (χ4v) is 1.58. The van der Waals surface area contributed by atoms with Crippen LogP contribution >= 0.6 is 0 Å². The quantitative estimate of drug-likeness (QED) is 0.501. The van der Waals surface area contributed by atoms with Gasteiger partial charge < -0.3 is 0 Å². The van der Waals surface area contributed by atoms with Crippen LogP contribution < -0.4 is 5.32 Å². The summed E-state index contributed by atoms with van der Waals surface area (Å²) in [4.78, 5) is 4.44. The van der Waals surface area contributed by atoms with Crippen LogP contribution in [0.3, 0.4) is 0 Å². The molecule has 0 aliphatic rings. The van der Waals surface area contributed by atoms with Gasteiger partial charge >= 0.3 is 0 Å². The number of pyridine rings is 1. The maximum absolute atomic E-state index is 4.44. The summed E-state index contributed by atoms with van der Waals surface area (Å²) in [5.41, 5.74) is 1.11. The van der Waals surface area contributed by atoms with Crippen molar-refractivity contribution >= 4 is 26.5 Å². The van der Waals surface area contributed by atoms with Gasteiger partial charge in [-0.05, 0) is 12.1 Å². The summed E-state index contributed by atoms with van der Waals surface area (Å²) >= 11 is 0. The normalized spacial score (nSPS) is 10.5. The van der Waals surface area contributed by atoms with E-state index >= 15 is 0 Å². The van der Waals surface area contributed by atoms with Crippen molar-refractivity contribution in [3.05, 3.63) is 36.4 Å². The van der Waals surface area contributed by atoms with Gasteiger partial charge in [-0.1, -0.05) is 24.3 Å². The van der Waals surface area contributed by atoms with Gasteiger partial charge in [-0.2, -0.15) is 0 Å². The molecule has 0 saturated carbocycles. The smallest absolute Gasteiger partial charge is 0.0699 e. The van der Waals surface area contributed by atoms with E-state index in [4.69, 9.17) is 0 Å². The van der Waals surface area contributed by atoms with Gasteiger partial charge in [0, 0.05) is 10.7 Å². The van der Waals surface area contributed by atoms with E-state index in [1.807, 2.05) is 12.1 Å². The maximum atomic E-state index is 4.44. The standard InChI is InChI=1S/C9H9NSi/c11-9-6-5-7-3-1-2-4-8(7)10-9/h1-6H,11H3. The number of hydrogen-bond acceptors (Lipinski definition) is 1. The molecule has 54 valence electrons. The van der Waals surface area contributed by atoms with E-state index in [-0.39, 0.29) is 0 Å². The summed E-state index contributed by atoms with van der Waals surface area (Å²) in [6, 6.07) is 12.4. The minimum atomic E-state index is 1.03. The molecule has 0 atom stereocenters. The molecule has 0 unspecified atom stereocenters. The molecule has 0 bridgehead atoms. The van der Waals surface area contributed by atoms with Crippen LogP contribution in [0.1, 0.15) is 0 Å². The van der Waals surface area contributed by atoms with Gasteiger partial charge in [0.05, 0.1) is 15.8 Å². The third-order valence-electron chi connectivity index (χ3n) is 1.74. The second-order valence-electron chi connectivity index (χ2n) is 2.65. The number of para-hydroxylation sites is 1.